The van der Waals surface area contributed by atoms with Crippen LogP contribution in [-0.2, 0) is 9.59 Å². The number of benzene rings is 1. The van der Waals surface area contributed by atoms with E-state index < -0.39 is 0 Å². The molecular formula is C15H22ClN3O3. The van der Waals surface area contributed by atoms with E-state index in [1.807, 2.05) is 0 Å². The third kappa shape index (κ3) is 4.80. The molecule has 3 N–H and O–H groups in total. The maximum absolute atomic E-state index is 12.1. The third-order valence-electron chi connectivity index (χ3n) is 3.54. The molecule has 2 rings (SSSR count). The molecule has 122 valence electrons. The van der Waals surface area contributed by atoms with Crippen LogP contribution in [0.4, 0.5) is 11.4 Å². The van der Waals surface area contributed by atoms with Crippen LogP contribution in [0.15, 0.2) is 18.2 Å². The number of likely N-dealkylation sites (tertiary alicyclic amines) is 1. The molecule has 22 heavy (non-hydrogen) atoms. The summed E-state index contributed by atoms with van der Waals surface area (Å²) in [4.78, 5) is 25.6. The number of rotatable bonds is 4. The normalized spacial score (nSPS) is 14.8. The highest BCUT2D eigenvalue weighted by atomic mass is 35.5. The number of methoxy groups -OCH3 is 1. The minimum Gasteiger partial charge on any atom is -0.497 e. The molecule has 0 aliphatic carbocycles. The number of nitrogens with two attached hydrogens (primary N) is 1. The highest BCUT2D eigenvalue weighted by Crippen LogP contribution is 2.24. The Balaban J connectivity index is 0.00000242. The van der Waals surface area contributed by atoms with Gasteiger partial charge in [-0.05, 0) is 25.0 Å². The molecule has 1 heterocycles. The second-order valence-electron chi connectivity index (χ2n) is 5.13. The lowest BCUT2D eigenvalue weighted by atomic mass is 10.2. The summed E-state index contributed by atoms with van der Waals surface area (Å²) in [6.45, 7) is 0.704. The Morgan fingerprint density at radius 1 is 1.36 bits per heavy atom. The third-order valence-corrected chi connectivity index (χ3v) is 3.54. The van der Waals surface area contributed by atoms with E-state index in [4.69, 9.17) is 10.5 Å². The average molecular weight is 328 g/mol. The number of carbonyl (C=O) groups excluding carboxylic acids is 2. The van der Waals surface area contributed by atoms with Crippen molar-refractivity contribution >= 4 is 35.6 Å². The zero-order valence-electron chi connectivity index (χ0n) is 12.6. The highest BCUT2D eigenvalue weighted by Gasteiger charge is 2.19. The lowest BCUT2D eigenvalue weighted by Crippen LogP contribution is -2.37. The van der Waals surface area contributed by atoms with Gasteiger partial charge in [0, 0.05) is 19.0 Å². The first-order valence-electron chi connectivity index (χ1n) is 7.11. The molecule has 0 bridgehead atoms. The van der Waals surface area contributed by atoms with E-state index >= 15 is 0 Å². The van der Waals surface area contributed by atoms with Crippen LogP contribution in [0, 0.1) is 0 Å². The smallest absolute Gasteiger partial charge is 0.244 e. The SMILES string of the molecule is COc1ccc(N)c(NC(=O)CN2CCCCCC2=O)c1.Cl. The predicted molar refractivity (Wildman–Crippen MR) is 88.3 cm³/mol. The van der Waals surface area contributed by atoms with E-state index in [1.165, 1.54) is 0 Å². The second-order valence-corrected chi connectivity index (χ2v) is 5.13. The maximum Gasteiger partial charge on any atom is 0.244 e. The van der Waals surface area contributed by atoms with Crippen LogP contribution in [0.2, 0.25) is 0 Å². The summed E-state index contributed by atoms with van der Waals surface area (Å²) in [7, 11) is 1.55. The monoisotopic (exact) mass is 327 g/mol. The van der Waals surface area contributed by atoms with Crippen LogP contribution in [0.25, 0.3) is 0 Å². The van der Waals surface area contributed by atoms with E-state index in [1.54, 1.807) is 30.2 Å². The molecule has 1 saturated heterocycles. The molecule has 6 nitrogen and oxygen atoms in total. The summed E-state index contributed by atoms with van der Waals surface area (Å²) >= 11 is 0. The van der Waals surface area contributed by atoms with Gasteiger partial charge >= 0.3 is 0 Å². The first kappa shape index (κ1) is 18.1. The largest absolute Gasteiger partial charge is 0.497 e. The Hall–Kier alpha value is -1.95. The molecule has 1 fully saturated rings. The average Bonchev–Trinajstić information content (AvgIpc) is 2.66. The van der Waals surface area contributed by atoms with E-state index in [0.29, 0.717) is 30.1 Å². The Morgan fingerprint density at radius 3 is 2.86 bits per heavy atom. The minimum atomic E-state index is -0.245. The van der Waals surface area contributed by atoms with Gasteiger partial charge < -0.3 is 20.7 Å². The maximum atomic E-state index is 12.1. The number of ether oxygens (including phenoxy) is 1. The van der Waals surface area contributed by atoms with Crippen molar-refractivity contribution in [3.05, 3.63) is 18.2 Å². The fourth-order valence-electron chi connectivity index (χ4n) is 2.34. The quantitative estimate of drug-likeness (QED) is 0.829. The summed E-state index contributed by atoms with van der Waals surface area (Å²) in [6, 6.07) is 5.06. The topological polar surface area (TPSA) is 84.7 Å². The van der Waals surface area contributed by atoms with Gasteiger partial charge in [0.25, 0.3) is 0 Å². The summed E-state index contributed by atoms with van der Waals surface area (Å²) in [6.07, 6.45) is 3.40. The molecule has 1 aromatic carbocycles. The minimum absolute atomic E-state index is 0. The summed E-state index contributed by atoms with van der Waals surface area (Å²) in [5, 5.41) is 2.74. The van der Waals surface area contributed by atoms with E-state index in [2.05, 4.69) is 5.32 Å². The van der Waals surface area contributed by atoms with Crippen molar-refractivity contribution in [3.63, 3.8) is 0 Å². The molecular weight excluding hydrogens is 306 g/mol. The first-order chi connectivity index (χ1) is 10.1. The Morgan fingerprint density at radius 2 is 2.14 bits per heavy atom. The van der Waals surface area contributed by atoms with Crippen molar-refractivity contribution in [2.24, 2.45) is 0 Å². The molecule has 1 aliphatic heterocycles. The van der Waals surface area contributed by atoms with Gasteiger partial charge in [-0.2, -0.15) is 0 Å². The molecule has 0 aromatic heterocycles. The molecule has 2 amide bonds. The summed E-state index contributed by atoms with van der Waals surface area (Å²) < 4.78 is 5.10. The van der Waals surface area contributed by atoms with Crippen LogP contribution in [0.1, 0.15) is 25.7 Å². The number of hydrogen-bond acceptors (Lipinski definition) is 4. The van der Waals surface area contributed by atoms with Crippen molar-refractivity contribution in [2.75, 3.05) is 31.2 Å². The van der Waals surface area contributed by atoms with Crippen LogP contribution < -0.4 is 15.8 Å². The van der Waals surface area contributed by atoms with Gasteiger partial charge in [0.2, 0.25) is 11.8 Å². The molecule has 7 heteroatoms. The number of carbonyl (C=O) groups is 2. The van der Waals surface area contributed by atoms with Crippen molar-refractivity contribution < 1.29 is 14.3 Å². The van der Waals surface area contributed by atoms with Crippen molar-refractivity contribution in [2.45, 2.75) is 25.7 Å². The molecule has 0 saturated carbocycles. The summed E-state index contributed by atoms with van der Waals surface area (Å²) in [5.41, 5.74) is 6.79. The lowest BCUT2D eigenvalue weighted by molar-refractivity contribution is -0.134. The van der Waals surface area contributed by atoms with Crippen molar-refractivity contribution in [3.8, 4) is 5.75 Å². The zero-order valence-corrected chi connectivity index (χ0v) is 13.4. The van der Waals surface area contributed by atoms with E-state index in [0.717, 1.165) is 19.3 Å². The van der Waals surface area contributed by atoms with Gasteiger partial charge in [0.05, 0.1) is 25.0 Å². The number of anilines is 2. The van der Waals surface area contributed by atoms with Gasteiger partial charge in [0.1, 0.15) is 5.75 Å². The predicted octanol–water partition coefficient (Wildman–Crippen LogP) is 2.04. The lowest BCUT2D eigenvalue weighted by Gasteiger charge is -2.20. The number of nitrogens with one attached hydrogen (secondary N) is 1. The van der Waals surface area contributed by atoms with Crippen molar-refractivity contribution in [1.82, 2.24) is 4.90 Å². The zero-order chi connectivity index (χ0) is 15.2. The van der Waals surface area contributed by atoms with Gasteiger partial charge in [-0.1, -0.05) is 6.42 Å². The second kappa shape index (κ2) is 8.48. The molecule has 0 unspecified atom stereocenters. The number of halogens is 1. The van der Waals surface area contributed by atoms with Crippen LogP contribution in [0.5, 0.6) is 5.75 Å². The van der Waals surface area contributed by atoms with Crippen LogP contribution in [-0.4, -0.2) is 36.9 Å². The number of hydrogen-bond donors (Lipinski definition) is 2. The number of nitrogens with zero attached hydrogens (tertiary/aromatic N) is 1. The number of amides is 2. The Kier molecular flexibility index (Phi) is 6.98. The Bertz CT molecular complexity index is 537. The van der Waals surface area contributed by atoms with Crippen LogP contribution >= 0.6 is 12.4 Å². The molecule has 1 aliphatic rings. The summed E-state index contributed by atoms with van der Waals surface area (Å²) in [5.74, 6) is 0.414. The Labute approximate surface area is 136 Å². The highest BCUT2D eigenvalue weighted by molar-refractivity contribution is 5.97. The van der Waals surface area contributed by atoms with Gasteiger partial charge in [-0.25, -0.2) is 0 Å². The number of nitrogen functional groups attached to an aromatic ring is 1. The fraction of sp³-hybridized carbons (Fsp3) is 0.467. The molecule has 0 radical (unpaired) electrons. The van der Waals surface area contributed by atoms with Crippen molar-refractivity contribution in [1.29, 1.82) is 0 Å². The van der Waals surface area contributed by atoms with Crippen LogP contribution in [0.3, 0.4) is 0 Å². The van der Waals surface area contributed by atoms with Gasteiger partial charge in [0.15, 0.2) is 0 Å². The van der Waals surface area contributed by atoms with Gasteiger partial charge in [-0.3, -0.25) is 9.59 Å². The first-order valence-corrected chi connectivity index (χ1v) is 7.11. The van der Waals surface area contributed by atoms with Gasteiger partial charge in [-0.15, -0.1) is 12.4 Å². The van der Waals surface area contributed by atoms with E-state index in [-0.39, 0.29) is 30.8 Å². The van der Waals surface area contributed by atoms with E-state index in [9.17, 15) is 9.59 Å². The molecule has 0 atom stereocenters. The molecule has 0 spiro atoms. The molecule has 1 aromatic rings. The fourth-order valence-corrected chi connectivity index (χ4v) is 2.34. The standard InChI is InChI=1S/C15H21N3O3.ClH/c1-21-11-6-7-12(16)13(9-11)17-14(19)10-18-8-4-2-3-5-15(18)20;/h6-7,9H,2-5,8,10,16H2,1H3,(H,17,19);1H.